The van der Waals surface area contributed by atoms with E-state index in [0.717, 1.165) is 0 Å². The largest absolute Gasteiger partial charge is 0.458 e. The molecule has 0 radical (unpaired) electrons. The van der Waals surface area contributed by atoms with Crippen LogP contribution < -0.4 is 0 Å². The molecule has 1 heterocycles. The summed E-state index contributed by atoms with van der Waals surface area (Å²) in [6.07, 6.45) is 0.866. The van der Waals surface area contributed by atoms with Crippen molar-refractivity contribution >= 4 is 28.0 Å². The summed E-state index contributed by atoms with van der Waals surface area (Å²) in [5.41, 5.74) is 3.39. The van der Waals surface area contributed by atoms with Gasteiger partial charge in [-0.15, -0.1) is 0 Å². The van der Waals surface area contributed by atoms with Gasteiger partial charge in [-0.3, -0.25) is 0 Å². The molecule has 0 aliphatic rings. The monoisotopic (exact) mass is 308 g/mol. The highest BCUT2D eigenvalue weighted by molar-refractivity contribution is 6.03. The van der Waals surface area contributed by atoms with Crippen molar-refractivity contribution in [1.82, 2.24) is 9.97 Å². The predicted molar refractivity (Wildman–Crippen MR) is 88.2 cm³/mol. The van der Waals surface area contributed by atoms with E-state index >= 15 is 0 Å². The van der Waals surface area contributed by atoms with Crippen LogP contribution >= 0.6 is 0 Å². The molecule has 5 nitrogen and oxygen atoms in total. The normalized spacial score (nSPS) is 12.3. The number of rotatable bonds is 4. The van der Waals surface area contributed by atoms with Gasteiger partial charge in [-0.1, -0.05) is 30.9 Å². The molecule has 0 spiro atoms. The second kappa shape index (κ2) is 6.14. The fourth-order valence-corrected chi connectivity index (χ4v) is 2.45. The van der Waals surface area contributed by atoms with Crippen molar-refractivity contribution in [2.45, 2.75) is 13.0 Å². The number of nitrogens with zero attached hydrogens (tertiary/aromatic N) is 2. The van der Waals surface area contributed by atoms with Gasteiger partial charge >= 0.3 is 5.97 Å². The zero-order chi connectivity index (χ0) is 16.4. The van der Waals surface area contributed by atoms with Crippen LogP contribution in [0, 0.1) is 0 Å². The molecule has 0 saturated heterocycles. The Labute approximate surface area is 133 Å². The topological polar surface area (TPSA) is 72.3 Å². The minimum absolute atomic E-state index is 0.141. The third-order valence-corrected chi connectivity index (χ3v) is 3.53. The highest BCUT2D eigenvalue weighted by Crippen LogP contribution is 2.25. The number of ether oxygens (including phenoxy) is 1. The average Bonchev–Trinajstić information content (AvgIpc) is 2.56. The standard InChI is InChI=1S/C18H16N2O3/c1-3-10-23-18(22)13-7-5-9-15-17(13)20-14-8-4-6-12(11(2)21)16(14)19-15/h3-9,11,21H,1,10H2,2H3/t11-/m1/s1. The molecule has 1 atom stereocenters. The Balaban J connectivity index is 2.23. The number of esters is 1. The number of para-hydroxylation sites is 2. The number of carbonyl (C=O) groups is 1. The van der Waals surface area contributed by atoms with Crippen LogP contribution in [0.3, 0.4) is 0 Å². The summed E-state index contributed by atoms with van der Waals surface area (Å²) in [4.78, 5) is 21.3. The smallest absolute Gasteiger partial charge is 0.340 e. The van der Waals surface area contributed by atoms with Gasteiger partial charge in [-0.25, -0.2) is 14.8 Å². The van der Waals surface area contributed by atoms with E-state index in [9.17, 15) is 9.90 Å². The van der Waals surface area contributed by atoms with Crippen LogP contribution in [0.5, 0.6) is 0 Å². The highest BCUT2D eigenvalue weighted by Gasteiger charge is 2.15. The summed E-state index contributed by atoms with van der Waals surface area (Å²) in [7, 11) is 0. The van der Waals surface area contributed by atoms with Gasteiger partial charge < -0.3 is 9.84 Å². The number of hydrogen-bond donors (Lipinski definition) is 1. The van der Waals surface area contributed by atoms with Gasteiger partial charge in [-0.05, 0) is 25.1 Å². The maximum Gasteiger partial charge on any atom is 0.340 e. The Kier molecular flexibility index (Phi) is 4.04. The molecule has 1 N–H and O–H groups in total. The maximum atomic E-state index is 12.2. The summed E-state index contributed by atoms with van der Waals surface area (Å²) in [6, 6.07) is 10.6. The van der Waals surface area contributed by atoms with E-state index in [-0.39, 0.29) is 6.61 Å². The van der Waals surface area contributed by atoms with E-state index in [1.165, 1.54) is 6.08 Å². The molecule has 0 amide bonds. The Morgan fingerprint density at radius 3 is 2.57 bits per heavy atom. The fourth-order valence-electron chi connectivity index (χ4n) is 2.45. The van der Waals surface area contributed by atoms with Crippen LogP contribution in [-0.2, 0) is 4.74 Å². The number of aliphatic hydroxyl groups excluding tert-OH is 1. The summed E-state index contributed by atoms with van der Waals surface area (Å²) < 4.78 is 5.09. The lowest BCUT2D eigenvalue weighted by Crippen LogP contribution is -2.07. The number of benzene rings is 2. The molecule has 0 unspecified atom stereocenters. The van der Waals surface area contributed by atoms with Crippen molar-refractivity contribution in [3.05, 3.63) is 60.2 Å². The van der Waals surface area contributed by atoms with E-state index in [1.54, 1.807) is 31.2 Å². The van der Waals surface area contributed by atoms with Gasteiger partial charge in [0.25, 0.3) is 0 Å². The van der Waals surface area contributed by atoms with Crippen molar-refractivity contribution < 1.29 is 14.6 Å². The van der Waals surface area contributed by atoms with Crippen molar-refractivity contribution in [2.75, 3.05) is 6.61 Å². The van der Waals surface area contributed by atoms with E-state index in [2.05, 4.69) is 16.5 Å². The Morgan fingerprint density at radius 2 is 1.87 bits per heavy atom. The van der Waals surface area contributed by atoms with Crippen LogP contribution in [0.2, 0.25) is 0 Å². The van der Waals surface area contributed by atoms with Crippen LogP contribution in [0.1, 0.15) is 28.9 Å². The number of aliphatic hydroxyl groups is 1. The van der Waals surface area contributed by atoms with Crippen molar-refractivity contribution in [3.8, 4) is 0 Å². The minimum Gasteiger partial charge on any atom is -0.458 e. The van der Waals surface area contributed by atoms with Gasteiger partial charge in [0.2, 0.25) is 0 Å². The molecule has 0 saturated carbocycles. The molecule has 116 valence electrons. The zero-order valence-corrected chi connectivity index (χ0v) is 12.7. The lowest BCUT2D eigenvalue weighted by atomic mass is 10.1. The molecule has 0 bridgehead atoms. The van der Waals surface area contributed by atoms with Gasteiger partial charge in [0.1, 0.15) is 12.1 Å². The summed E-state index contributed by atoms with van der Waals surface area (Å²) in [5.74, 6) is -0.462. The number of aromatic nitrogens is 2. The van der Waals surface area contributed by atoms with Crippen molar-refractivity contribution in [2.24, 2.45) is 0 Å². The third kappa shape index (κ3) is 2.78. The van der Waals surface area contributed by atoms with Crippen molar-refractivity contribution in [3.63, 3.8) is 0 Å². The Morgan fingerprint density at radius 1 is 1.22 bits per heavy atom. The molecule has 2 aromatic carbocycles. The van der Waals surface area contributed by atoms with Gasteiger partial charge in [0.05, 0.1) is 28.2 Å². The Hall–Kier alpha value is -2.79. The van der Waals surface area contributed by atoms with E-state index in [1.807, 2.05) is 12.1 Å². The molecule has 3 aromatic rings. The first-order valence-electron chi connectivity index (χ1n) is 7.27. The molecule has 1 aromatic heterocycles. The zero-order valence-electron chi connectivity index (χ0n) is 12.7. The van der Waals surface area contributed by atoms with Crippen LogP contribution in [-0.4, -0.2) is 27.7 Å². The minimum atomic E-state index is -0.647. The van der Waals surface area contributed by atoms with E-state index in [0.29, 0.717) is 33.2 Å². The maximum absolute atomic E-state index is 12.2. The van der Waals surface area contributed by atoms with Gasteiger partial charge in [0.15, 0.2) is 0 Å². The van der Waals surface area contributed by atoms with E-state index in [4.69, 9.17) is 4.74 Å². The molecule has 5 heteroatoms. The molecule has 0 aliphatic carbocycles. The number of carbonyl (C=O) groups excluding carboxylic acids is 1. The SMILES string of the molecule is C=CCOC(=O)c1cccc2nc3c([C@@H](C)O)cccc3nc12. The quantitative estimate of drug-likeness (QED) is 0.455. The predicted octanol–water partition coefficient (Wildman–Crippen LogP) is 3.18. The first-order valence-corrected chi connectivity index (χ1v) is 7.27. The fraction of sp³-hybridized carbons (Fsp3) is 0.167. The lowest BCUT2D eigenvalue weighted by molar-refractivity contribution is 0.0552. The molecule has 23 heavy (non-hydrogen) atoms. The van der Waals surface area contributed by atoms with E-state index < -0.39 is 12.1 Å². The first kappa shape index (κ1) is 15.1. The number of fused-ring (bicyclic) bond motifs is 2. The van der Waals surface area contributed by atoms with Crippen LogP contribution in [0.4, 0.5) is 0 Å². The summed E-state index contributed by atoms with van der Waals surface area (Å²) >= 11 is 0. The Bertz CT molecular complexity index is 903. The average molecular weight is 308 g/mol. The summed E-state index contributed by atoms with van der Waals surface area (Å²) in [5, 5.41) is 9.88. The van der Waals surface area contributed by atoms with Gasteiger partial charge in [0, 0.05) is 5.56 Å². The van der Waals surface area contributed by atoms with Crippen LogP contribution in [0.15, 0.2) is 49.1 Å². The first-order chi connectivity index (χ1) is 11.1. The van der Waals surface area contributed by atoms with Crippen LogP contribution in [0.25, 0.3) is 22.1 Å². The molecule has 0 fully saturated rings. The second-order valence-electron chi connectivity index (χ2n) is 5.17. The third-order valence-electron chi connectivity index (χ3n) is 3.53. The van der Waals surface area contributed by atoms with Crippen molar-refractivity contribution in [1.29, 1.82) is 0 Å². The second-order valence-corrected chi connectivity index (χ2v) is 5.17. The molecule has 0 aliphatic heterocycles. The number of hydrogen-bond acceptors (Lipinski definition) is 5. The lowest BCUT2D eigenvalue weighted by Gasteiger charge is -2.10. The van der Waals surface area contributed by atoms with Gasteiger partial charge in [-0.2, -0.15) is 0 Å². The molecule has 3 rings (SSSR count). The molecular weight excluding hydrogens is 292 g/mol. The highest BCUT2D eigenvalue weighted by atomic mass is 16.5. The summed E-state index contributed by atoms with van der Waals surface area (Å²) in [6.45, 7) is 5.35. The molecular formula is C18H16N2O3.